The summed E-state index contributed by atoms with van der Waals surface area (Å²) in [4.78, 5) is 128. The number of nitrogens with zero attached hydrogens (tertiary/aromatic N) is 1. The minimum atomic E-state index is -1.81. The smallest absolute Gasteiger partial charge is 0.310 e. The minimum Gasteiger partial charge on any atom is -0.502 e. The molecule has 0 spiro atoms. The SMILES string of the molecule is CC[C@H](C)[C@H](NC(=O)[C@H](C)NC(=O)[C@H](CO)NC(=O)c1ccccc1N)C(=O)N[C@@H](CCCCN)C(=O)N[C@@H](CO)C(=O)N[C@@H](Cc1ccc(O)c([N+](=O)[O-])c1)C(=O)NCC(=O)N[C@@H](CO)C(N)=O. The molecule has 8 atom stereocenters. The number of nitrogens with two attached hydrogens (primary N) is 3. The largest absolute Gasteiger partial charge is 0.502 e. The number of rotatable bonds is 29. The van der Waals surface area contributed by atoms with E-state index < -0.39 is 151 Å². The van der Waals surface area contributed by atoms with Gasteiger partial charge in [0.05, 0.1) is 36.9 Å². The molecule has 380 valence electrons. The Morgan fingerprint density at radius 3 is 1.86 bits per heavy atom. The van der Waals surface area contributed by atoms with Crippen LogP contribution in [0.4, 0.5) is 11.4 Å². The number of primary amides is 1. The van der Waals surface area contributed by atoms with Gasteiger partial charge in [0.15, 0.2) is 5.75 Å². The van der Waals surface area contributed by atoms with E-state index in [1.54, 1.807) is 26.0 Å². The van der Waals surface area contributed by atoms with Crippen LogP contribution in [-0.4, -0.2) is 154 Å². The lowest BCUT2D eigenvalue weighted by Crippen LogP contribution is -2.61. The highest BCUT2D eigenvalue weighted by Gasteiger charge is 2.34. The molecule has 27 heteroatoms. The molecule has 0 heterocycles. The predicted molar refractivity (Wildman–Crippen MR) is 244 cm³/mol. The first kappa shape index (κ1) is 57.6. The van der Waals surface area contributed by atoms with Crippen LogP contribution in [-0.2, 0) is 44.8 Å². The first-order chi connectivity index (χ1) is 32.6. The predicted octanol–water partition coefficient (Wildman–Crippen LogP) is -5.09. The van der Waals surface area contributed by atoms with Crippen molar-refractivity contribution < 1.29 is 68.5 Å². The first-order valence-corrected chi connectivity index (χ1v) is 21.6. The zero-order chi connectivity index (χ0) is 52.0. The maximum Gasteiger partial charge on any atom is 0.310 e. The molecule has 0 aliphatic heterocycles. The van der Waals surface area contributed by atoms with Crippen molar-refractivity contribution in [3.63, 3.8) is 0 Å². The molecular weight excluding hydrogens is 913 g/mol. The van der Waals surface area contributed by atoms with Gasteiger partial charge in [-0.3, -0.25) is 53.3 Å². The highest BCUT2D eigenvalue weighted by molar-refractivity contribution is 6.02. The molecular formula is C42H62N12O15. The van der Waals surface area contributed by atoms with Crippen molar-refractivity contribution in [2.45, 2.75) is 95.2 Å². The number of amides is 9. The zero-order valence-corrected chi connectivity index (χ0v) is 38.2. The molecule has 0 aliphatic rings. The third-order valence-electron chi connectivity index (χ3n) is 10.5. The van der Waals surface area contributed by atoms with Gasteiger partial charge in [0, 0.05) is 18.2 Å². The fourth-order valence-electron chi connectivity index (χ4n) is 6.29. The molecule has 0 saturated carbocycles. The lowest BCUT2D eigenvalue weighted by atomic mass is 9.97. The maximum absolute atomic E-state index is 13.9. The van der Waals surface area contributed by atoms with Crippen LogP contribution in [0.2, 0.25) is 0 Å². The van der Waals surface area contributed by atoms with E-state index in [0.29, 0.717) is 12.8 Å². The molecule has 0 fully saturated rings. The molecule has 0 radical (unpaired) electrons. The molecule has 2 aromatic rings. The van der Waals surface area contributed by atoms with Crippen molar-refractivity contribution in [2.75, 3.05) is 38.6 Å². The van der Waals surface area contributed by atoms with Crippen LogP contribution in [0, 0.1) is 16.0 Å². The molecule has 0 aromatic heterocycles. The molecule has 27 nitrogen and oxygen atoms in total. The summed E-state index contributed by atoms with van der Waals surface area (Å²) >= 11 is 0. The van der Waals surface area contributed by atoms with Crippen LogP contribution in [0.5, 0.6) is 5.75 Å². The monoisotopic (exact) mass is 974 g/mol. The van der Waals surface area contributed by atoms with Gasteiger partial charge in [-0.25, -0.2) is 0 Å². The van der Waals surface area contributed by atoms with Gasteiger partial charge in [0.1, 0.15) is 42.3 Å². The third kappa shape index (κ3) is 18.3. The number of nitrogen functional groups attached to an aromatic ring is 1. The maximum atomic E-state index is 13.9. The number of aliphatic hydroxyl groups excluding tert-OH is 3. The number of aliphatic hydroxyl groups is 3. The fourth-order valence-corrected chi connectivity index (χ4v) is 6.29. The van der Waals surface area contributed by atoms with E-state index in [9.17, 15) is 73.7 Å². The van der Waals surface area contributed by atoms with E-state index in [1.807, 2.05) is 0 Å². The van der Waals surface area contributed by atoms with Crippen molar-refractivity contribution in [3.05, 3.63) is 63.7 Å². The number of phenolic OH excluding ortho intramolecular Hbond substituents is 1. The van der Waals surface area contributed by atoms with Crippen LogP contribution >= 0.6 is 0 Å². The Hall–Kier alpha value is -7.49. The van der Waals surface area contributed by atoms with Crippen molar-refractivity contribution >= 4 is 64.5 Å². The quantitative estimate of drug-likeness (QED) is 0.0157. The number of hydrogen-bond donors (Lipinski definition) is 15. The zero-order valence-electron chi connectivity index (χ0n) is 38.2. The number of unbranched alkanes of at least 4 members (excludes halogenated alkanes) is 1. The van der Waals surface area contributed by atoms with Crippen LogP contribution in [0.1, 0.15) is 62.4 Å². The number of hydrogen-bond acceptors (Lipinski definition) is 17. The molecule has 2 aromatic carbocycles. The van der Waals surface area contributed by atoms with E-state index >= 15 is 0 Å². The summed E-state index contributed by atoms with van der Waals surface area (Å²) in [6.07, 6.45) is 0.391. The highest BCUT2D eigenvalue weighted by Crippen LogP contribution is 2.27. The van der Waals surface area contributed by atoms with E-state index in [4.69, 9.17) is 17.2 Å². The minimum absolute atomic E-state index is 0.0260. The molecule has 18 N–H and O–H groups in total. The Morgan fingerprint density at radius 2 is 1.28 bits per heavy atom. The molecule has 2 rings (SSSR count). The summed E-state index contributed by atoms with van der Waals surface area (Å²) in [6, 6.07) is -1.49. The molecule has 69 heavy (non-hydrogen) atoms. The summed E-state index contributed by atoms with van der Waals surface area (Å²) in [5.41, 5.74) is 16.0. The number of benzene rings is 2. The second kappa shape index (κ2) is 28.6. The third-order valence-corrected chi connectivity index (χ3v) is 10.5. The molecule has 9 amide bonds. The molecule has 0 unspecified atom stereocenters. The lowest BCUT2D eigenvalue weighted by Gasteiger charge is -2.29. The number of nitro benzene ring substituents is 1. The average molecular weight is 975 g/mol. The van der Waals surface area contributed by atoms with Crippen LogP contribution in [0.3, 0.4) is 0 Å². The van der Waals surface area contributed by atoms with Gasteiger partial charge in [-0.1, -0.05) is 38.5 Å². The molecule has 0 bridgehead atoms. The van der Waals surface area contributed by atoms with Crippen LogP contribution in [0.25, 0.3) is 0 Å². The van der Waals surface area contributed by atoms with Gasteiger partial charge in [-0.05, 0) is 62.4 Å². The molecule has 0 saturated heterocycles. The summed E-state index contributed by atoms with van der Waals surface area (Å²) in [7, 11) is 0. The van der Waals surface area contributed by atoms with Crippen molar-refractivity contribution in [1.29, 1.82) is 0 Å². The standard InChI is InChI=1S/C42H62N12O15/c1-4-21(2)34(53-36(61)22(3)47-40(65)29(19-56)51-37(62)24-9-5-6-10-25(24)44)42(67)49-26(11-7-8-14-43)39(64)52-30(20-57)41(66)50-27(15-23-12-13-32(58)31(16-23)54(68)69)38(63)46-17-33(59)48-28(18-55)35(45)60/h5-6,9-10,12-13,16,21-22,26-30,34,55-58H,4,7-8,11,14-15,17-20,43-44H2,1-3H3,(H2,45,60)(H,46,63)(H,47,65)(H,48,59)(H,49,67)(H,50,66)(H,51,62)(H,52,64)(H,53,61)/t21-,22-,26-,27-,28-,29-,30-,34-/m0/s1. The van der Waals surface area contributed by atoms with Crippen molar-refractivity contribution in [3.8, 4) is 5.75 Å². The number of nitro groups is 1. The van der Waals surface area contributed by atoms with Gasteiger partial charge >= 0.3 is 5.69 Å². The first-order valence-electron chi connectivity index (χ1n) is 21.6. The molecule has 0 aliphatic carbocycles. The summed E-state index contributed by atoms with van der Waals surface area (Å²) in [5, 5.41) is 69.5. The van der Waals surface area contributed by atoms with E-state index in [-0.39, 0.29) is 36.2 Å². The Kier molecular flexibility index (Phi) is 23.9. The van der Waals surface area contributed by atoms with E-state index in [2.05, 4.69) is 42.5 Å². The van der Waals surface area contributed by atoms with Gasteiger partial charge in [0.25, 0.3) is 5.91 Å². The number of carbonyl (C=O) groups is 9. The van der Waals surface area contributed by atoms with E-state index in [0.717, 1.165) is 12.1 Å². The number of nitrogens with one attached hydrogen (secondary N) is 8. The van der Waals surface area contributed by atoms with Gasteiger partial charge in [-0.2, -0.15) is 0 Å². The van der Waals surface area contributed by atoms with Gasteiger partial charge in [0.2, 0.25) is 47.3 Å². The number of anilines is 1. The van der Waals surface area contributed by atoms with Crippen molar-refractivity contribution in [1.82, 2.24) is 42.5 Å². The number of aromatic hydroxyl groups is 1. The topological polar surface area (TPSA) is 452 Å². The fraction of sp³-hybridized carbons (Fsp3) is 0.500. The number of phenols is 1. The summed E-state index contributed by atoms with van der Waals surface area (Å²) in [6.45, 7) is 1.21. The average Bonchev–Trinajstić information content (AvgIpc) is 3.31. The Labute approximate surface area is 395 Å². The van der Waals surface area contributed by atoms with E-state index in [1.165, 1.54) is 25.1 Å². The Morgan fingerprint density at radius 1 is 0.696 bits per heavy atom. The second-order valence-corrected chi connectivity index (χ2v) is 15.8. The lowest BCUT2D eigenvalue weighted by molar-refractivity contribution is -0.385. The number of para-hydroxylation sites is 1. The Bertz CT molecular complexity index is 2160. The van der Waals surface area contributed by atoms with Crippen molar-refractivity contribution in [2.24, 2.45) is 17.4 Å². The number of carbonyl (C=O) groups excluding carboxylic acids is 9. The van der Waals surface area contributed by atoms with Gasteiger partial charge < -0.3 is 80.2 Å². The van der Waals surface area contributed by atoms with Crippen LogP contribution in [0.15, 0.2) is 42.5 Å². The Balaban J connectivity index is 2.29. The normalized spacial score (nSPS) is 14.4. The van der Waals surface area contributed by atoms with Crippen LogP contribution < -0.4 is 59.7 Å². The summed E-state index contributed by atoms with van der Waals surface area (Å²) in [5.74, 6) is -10.1. The highest BCUT2D eigenvalue weighted by atomic mass is 16.6. The van der Waals surface area contributed by atoms with Gasteiger partial charge in [-0.15, -0.1) is 0 Å². The second-order valence-electron chi connectivity index (χ2n) is 15.8. The summed E-state index contributed by atoms with van der Waals surface area (Å²) < 4.78 is 0.